The van der Waals surface area contributed by atoms with Crippen molar-refractivity contribution in [3.63, 3.8) is 0 Å². The Labute approximate surface area is 210 Å². The molecule has 1 atom stereocenters. The monoisotopic (exact) mass is 537 g/mol. The van der Waals surface area contributed by atoms with Gasteiger partial charge in [-0.2, -0.15) is 0 Å². The molecule has 4 aromatic rings. The van der Waals surface area contributed by atoms with E-state index < -0.39 is 5.92 Å². The second-order valence-corrected chi connectivity index (χ2v) is 10.1. The molecule has 1 saturated heterocycles. The quantitative estimate of drug-likeness (QED) is 0.320. The van der Waals surface area contributed by atoms with Gasteiger partial charge in [-0.3, -0.25) is 9.69 Å². The molecular weight excluding hydrogens is 514 g/mol. The van der Waals surface area contributed by atoms with E-state index in [1.807, 2.05) is 25.1 Å². The molecule has 0 radical (unpaired) electrons. The predicted molar refractivity (Wildman–Crippen MR) is 137 cm³/mol. The van der Waals surface area contributed by atoms with Gasteiger partial charge in [-0.25, -0.2) is 9.97 Å². The van der Waals surface area contributed by atoms with Crippen molar-refractivity contribution >= 4 is 43.3 Å². The van der Waals surface area contributed by atoms with Crippen LogP contribution in [0, 0.1) is 0 Å². The molecular formula is C26H24BrN3O3S. The Balaban J connectivity index is 1.62. The normalized spacial score (nSPS) is 15.5. The van der Waals surface area contributed by atoms with Gasteiger partial charge in [0, 0.05) is 33.9 Å². The van der Waals surface area contributed by atoms with Crippen LogP contribution in [0.1, 0.15) is 34.7 Å². The molecule has 1 N–H and O–H groups in total. The number of phenols is 1. The molecule has 1 aliphatic heterocycles. The van der Waals surface area contributed by atoms with E-state index in [4.69, 9.17) is 14.7 Å². The average molecular weight is 538 g/mol. The van der Waals surface area contributed by atoms with Crippen molar-refractivity contribution < 1.29 is 14.6 Å². The summed E-state index contributed by atoms with van der Waals surface area (Å²) >= 11 is 4.98. The molecule has 0 amide bonds. The smallest absolute Gasteiger partial charge is 0.175 e. The number of Topliss-reactive ketones (excluding diaryl/α,β-unsaturated/α-hetero) is 1. The molecule has 5 rings (SSSR count). The number of thiophene rings is 1. The van der Waals surface area contributed by atoms with Crippen LogP contribution < -0.4 is 0 Å². The molecule has 0 aliphatic carbocycles. The number of hydrogen-bond acceptors (Lipinski definition) is 7. The molecule has 1 aliphatic rings. The van der Waals surface area contributed by atoms with Crippen molar-refractivity contribution in [2.45, 2.75) is 19.4 Å². The van der Waals surface area contributed by atoms with Gasteiger partial charge in [0.25, 0.3) is 0 Å². The highest BCUT2D eigenvalue weighted by Crippen LogP contribution is 2.39. The zero-order valence-electron chi connectivity index (χ0n) is 18.7. The number of nitrogens with zero attached hydrogens (tertiary/aromatic N) is 3. The molecule has 2 aromatic heterocycles. The highest BCUT2D eigenvalue weighted by atomic mass is 79.9. The summed E-state index contributed by atoms with van der Waals surface area (Å²) in [6.07, 6.45) is 0. The standard InChI is InChI=1S/C26H24BrN3O3S/c1-16(25(32)19-13-18(27)7-8-21(19)31)24-23-20(17-5-3-2-4-6-17)15-34-26(23)29-22(28-24)14-30-9-11-33-12-10-30/h2-8,13,15-16,31H,9-12,14H2,1H3/t16-/m0/s1. The molecule has 1 fully saturated rings. The highest BCUT2D eigenvalue weighted by Gasteiger charge is 2.27. The highest BCUT2D eigenvalue weighted by molar-refractivity contribution is 9.10. The lowest BCUT2D eigenvalue weighted by atomic mass is 9.92. The third-order valence-corrected chi connectivity index (χ3v) is 7.45. The van der Waals surface area contributed by atoms with Gasteiger partial charge in [-0.15, -0.1) is 11.3 Å². The Bertz CT molecular complexity index is 1340. The van der Waals surface area contributed by atoms with E-state index in [0.717, 1.165) is 38.9 Å². The summed E-state index contributed by atoms with van der Waals surface area (Å²) in [5, 5.41) is 13.4. The van der Waals surface area contributed by atoms with E-state index in [1.54, 1.807) is 23.5 Å². The summed E-state index contributed by atoms with van der Waals surface area (Å²) in [4.78, 5) is 26.5. The van der Waals surface area contributed by atoms with Crippen molar-refractivity contribution in [3.05, 3.63) is 75.5 Å². The first-order valence-corrected chi connectivity index (χ1v) is 12.8. The fourth-order valence-corrected chi connectivity index (χ4v) is 5.59. The number of ketones is 1. The van der Waals surface area contributed by atoms with Crippen LogP contribution in [-0.2, 0) is 11.3 Å². The lowest BCUT2D eigenvalue weighted by Crippen LogP contribution is -2.36. The minimum absolute atomic E-state index is 0.0347. The van der Waals surface area contributed by atoms with E-state index >= 15 is 0 Å². The van der Waals surface area contributed by atoms with Gasteiger partial charge in [-0.05, 0) is 30.7 Å². The van der Waals surface area contributed by atoms with Gasteiger partial charge in [-0.1, -0.05) is 46.3 Å². The minimum Gasteiger partial charge on any atom is -0.507 e. The molecule has 0 saturated carbocycles. The number of ether oxygens (including phenoxy) is 1. The van der Waals surface area contributed by atoms with Crippen LogP contribution in [0.25, 0.3) is 21.3 Å². The second kappa shape index (κ2) is 9.92. The number of hydrogen-bond donors (Lipinski definition) is 1. The molecule has 0 bridgehead atoms. The average Bonchev–Trinajstić information content (AvgIpc) is 3.29. The van der Waals surface area contributed by atoms with Gasteiger partial charge >= 0.3 is 0 Å². The number of phenolic OH excluding ortho intramolecular Hbond substituents is 1. The summed E-state index contributed by atoms with van der Waals surface area (Å²) in [5.41, 5.74) is 3.05. The number of morpholine rings is 1. The van der Waals surface area contributed by atoms with Crippen LogP contribution in [0.3, 0.4) is 0 Å². The Morgan fingerprint density at radius 2 is 1.94 bits per heavy atom. The third kappa shape index (κ3) is 4.63. The largest absolute Gasteiger partial charge is 0.507 e. The van der Waals surface area contributed by atoms with E-state index in [0.29, 0.717) is 31.3 Å². The van der Waals surface area contributed by atoms with Gasteiger partial charge in [0.1, 0.15) is 16.4 Å². The number of carbonyl (C=O) groups excluding carboxylic acids is 1. The summed E-state index contributed by atoms with van der Waals surface area (Å²) in [5.74, 6) is -0.0796. The van der Waals surface area contributed by atoms with Gasteiger partial charge in [0.05, 0.1) is 36.9 Å². The number of rotatable bonds is 6. The molecule has 6 nitrogen and oxygen atoms in total. The predicted octanol–water partition coefficient (Wildman–Crippen LogP) is 5.65. The maximum Gasteiger partial charge on any atom is 0.175 e. The molecule has 8 heteroatoms. The number of benzene rings is 2. The molecule has 3 heterocycles. The van der Waals surface area contributed by atoms with Crippen LogP contribution in [0.15, 0.2) is 58.4 Å². The lowest BCUT2D eigenvalue weighted by molar-refractivity contribution is 0.0331. The molecule has 174 valence electrons. The summed E-state index contributed by atoms with van der Waals surface area (Å²) in [6.45, 7) is 5.52. The number of aromatic hydroxyl groups is 1. The topological polar surface area (TPSA) is 75.5 Å². The Morgan fingerprint density at radius 1 is 1.18 bits per heavy atom. The van der Waals surface area contributed by atoms with Crippen molar-refractivity contribution in [2.24, 2.45) is 0 Å². The Kier molecular flexibility index (Phi) is 6.74. The van der Waals surface area contributed by atoms with Crippen molar-refractivity contribution in [1.29, 1.82) is 0 Å². The first-order chi connectivity index (χ1) is 16.5. The van der Waals surface area contributed by atoms with E-state index in [2.05, 4.69) is 38.3 Å². The molecule has 0 unspecified atom stereocenters. The van der Waals surface area contributed by atoms with Crippen LogP contribution >= 0.6 is 27.3 Å². The SMILES string of the molecule is C[C@H](C(=O)c1cc(Br)ccc1O)c1nc(CN2CCOCC2)nc2scc(-c3ccccc3)c12. The maximum atomic E-state index is 13.6. The van der Waals surface area contributed by atoms with Crippen LogP contribution in [0.5, 0.6) is 5.75 Å². The summed E-state index contributed by atoms with van der Waals surface area (Å²) in [6, 6.07) is 15.0. The van der Waals surface area contributed by atoms with E-state index in [9.17, 15) is 9.90 Å². The fourth-order valence-electron chi connectivity index (χ4n) is 4.25. The van der Waals surface area contributed by atoms with Crippen molar-refractivity contribution in [1.82, 2.24) is 14.9 Å². The molecule has 0 spiro atoms. The van der Waals surface area contributed by atoms with Crippen molar-refractivity contribution in [2.75, 3.05) is 26.3 Å². The summed E-state index contributed by atoms with van der Waals surface area (Å²) < 4.78 is 6.21. The number of fused-ring (bicyclic) bond motifs is 1. The summed E-state index contributed by atoms with van der Waals surface area (Å²) in [7, 11) is 0. The second-order valence-electron chi connectivity index (χ2n) is 8.36. The van der Waals surface area contributed by atoms with Crippen LogP contribution in [0.2, 0.25) is 0 Å². The lowest BCUT2D eigenvalue weighted by Gasteiger charge is -2.26. The van der Waals surface area contributed by atoms with E-state index in [-0.39, 0.29) is 17.1 Å². The van der Waals surface area contributed by atoms with Gasteiger partial charge < -0.3 is 9.84 Å². The number of halogens is 1. The maximum absolute atomic E-state index is 13.6. The van der Waals surface area contributed by atoms with E-state index in [1.165, 1.54) is 6.07 Å². The first-order valence-electron chi connectivity index (χ1n) is 11.2. The van der Waals surface area contributed by atoms with Gasteiger partial charge in [0.15, 0.2) is 5.78 Å². The zero-order valence-corrected chi connectivity index (χ0v) is 21.1. The Hall–Kier alpha value is -2.65. The Morgan fingerprint density at radius 3 is 2.71 bits per heavy atom. The molecule has 2 aromatic carbocycles. The third-order valence-electron chi connectivity index (χ3n) is 6.09. The number of carbonyl (C=O) groups is 1. The van der Waals surface area contributed by atoms with Gasteiger partial charge in [0.2, 0.25) is 0 Å². The van der Waals surface area contributed by atoms with Crippen molar-refractivity contribution in [3.8, 4) is 16.9 Å². The zero-order chi connectivity index (χ0) is 23.7. The molecule has 34 heavy (non-hydrogen) atoms. The number of aromatic nitrogens is 2. The van der Waals surface area contributed by atoms with Crippen LogP contribution in [0.4, 0.5) is 0 Å². The minimum atomic E-state index is -0.564. The fraction of sp³-hybridized carbons (Fsp3) is 0.269. The van der Waals surface area contributed by atoms with Crippen LogP contribution in [-0.4, -0.2) is 52.1 Å². The first kappa shape index (κ1) is 23.1.